The molecule has 0 saturated heterocycles. The third-order valence-electron chi connectivity index (χ3n) is 4.88. The summed E-state index contributed by atoms with van der Waals surface area (Å²) >= 11 is 0. The molecule has 0 fully saturated rings. The van der Waals surface area contributed by atoms with Crippen LogP contribution in [0.5, 0.6) is 11.8 Å². The minimum atomic E-state index is -0.150. The van der Waals surface area contributed by atoms with E-state index in [0.717, 1.165) is 23.4 Å². The molecule has 8 heteroatoms. The van der Waals surface area contributed by atoms with Crippen LogP contribution in [-0.2, 0) is 25.8 Å². The Kier molecular flexibility index (Phi) is 5.41. The molecule has 3 aromatic heterocycles. The molecule has 4 heterocycles. The van der Waals surface area contributed by atoms with Gasteiger partial charge in [-0.25, -0.2) is 4.98 Å². The molecule has 0 radical (unpaired) electrons. The quantitative estimate of drug-likeness (QED) is 0.634. The van der Waals surface area contributed by atoms with Crippen LogP contribution in [0.25, 0.3) is 0 Å². The van der Waals surface area contributed by atoms with E-state index in [1.165, 1.54) is 14.2 Å². The number of ether oxygens (including phenoxy) is 2. The molecule has 0 aromatic carbocycles. The molecule has 0 N–H and O–H groups in total. The van der Waals surface area contributed by atoms with Crippen molar-refractivity contribution in [2.24, 2.45) is 0 Å². The molecule has 1 aliphatic heterocycles. The van der Waals surface area contributed by atoms with Gasteiger partial charge in [0.25, 0.3) is 5.91 Å². The van der Waals surface area contributed by atoms with Gasteiger partial charge in [0.2, 0.25) is 11.8 Å². The standard InChI is InChI=1S/C21H22N4O4/c1-27-18-8-6-15(20(24-18)28-2)21(26)25-11-9-17-16(13-25)23-19(29-17)7-5-14-4-3-10-22-12-14/h3-4,6,8,10,12H,5,7,9,11,13H2,1-2H3. The van der Waals surface area contributed by atoms with Gasteiger partial charge >= 0.3 is 0 Å². The summed E-state index contributed by atoms with van der Waals surface area (Å²) in [5.41, 5.74) is 2.35. The molecule has 1 aliphatic rings. The summed E-state index contributed by atoms with van der Waals surface area (Å²) < 4.78 is 16.3. The highest BCUT2D eigenvalue weighted by molar-refractivity contribution is 5.96. The number of nitrogens with zero attached hydrogens (tertiary/aromatic N) is 4. The maximum Gasteiger partial charge on any atom is 0.259 e. The molecular formula is C21H22N4O4. The number of amides is 1. The van der Waals surface area contributed by atoms with Gasteiger partial charge in [0.1, 0.15) is 17.0 Å². The van der Waals surface area contributed by atoms with Gasteiger partial charge in [0.15, 0.2) is 5.89 Å². The van der Waals surface area contributed by atoms with Crippen LogP contribution in [0.2, 0.25) is 0 Å². The topological polar surface area (TPSA) is 90.6 Å². The zero-order valence-electron chi connectivity index (χ0n) is 16.4. The number of methoxy groups -OCH3 is 2. The summed E-state index contributed by atoms with van der Waals surface area (Å²) in [4.78, 5) is 27.7. The molecule has 0 bridgehead atoms. The van der Waals surface area contributed by atoms with Crippen LogP contribution in [0, 0.1) is 0 Å². The van der Waals surface area contributed by atoms with Gasteiger partial charge in [-0.05, 0) is 24.1 Å². The average Bonchev–Trinajstić information content (AvgIpc) is 3.19. The number of fused-ring (bicyclic) bond motifs is 1. The minimum absolute atomic E-state index is 0.150. The Hall–Kier alpha value is -3.42. The number of oxazole rings is 1. The number of carbonyl (C=O) groups is 1. The molecule has 8 nitrogen and oxygen atoms in total. The third kappa shape index (κ3) is 4.06. The predicted octanol–water partition coefficient (Wildman–Crippen LogP) is 2.47. The Morgan fingerprint density at radius 3 is 2.83 bits per heavy atom. The molecule has 29 heavy (non-hydrogen) atoms. The fourth-order valence-corrected chi connectivity index (χ4v) is 3.36. The summed E-state index contributed by atoms with van der Waals surface area (Å²) in [5, 5.41) is 0. The van der Waals surface area contributed by atoms with Crippen molar-refractivity contribution in [3.8, 4) is 11.8 Å². The monoisotopic (exact) mass is 394 g/mol. The molecule has 3 aromatic rings. The van der Waals surface area contributed by atoms with E-state index in [1.54, 1.807) is 23.2 Å². The molecule has 4 rings (SSSR count). The van der Waals surface area contributed by atoms with Crippen LogP contribution in [0.15, 0.2) is 41.1 Å². The van der Waals surface area contributed by atoms with Crippen LogP contribution in [-0.4, -0.2) is 46.5 Å². The Morgan fingerprint density at radius 2 is 2.07 bits per heavy atom. The van der Waals surface area contributed by atoms with Crippen molar-refractivity contribution in [1.29, 1.82) is 0 Å². The van der Waals surface area contributed by atoms with Gasteiger partial charge < -0.3 is 18.8 Å². The predicted molar refractivity (Wildman–Crippen MR) is 104 cm³/mol. The second-order valence-electron chi connectivity index (χ2n) is 6.73. The van der Waals surface area contributed by atoms with Crippen molar-refractivity contribution >= 4 is 5.91 Å². The first-order chi connectivity index (χ1) is 14.2. The van der Waals surface area contributed by atoms with Crippen LogP contribution < -0.4 is 9.47 Å². The summed E-state index contributed by atoms with van der Waals surface area (Å²) in [6.45, 7) is 0.956. The maximum absolute atomic E-state index is 13.0. The van der Waals surface area contributed by atoms with Gasteiger partial charge in [-0.2, -0.15) is 4.98 Å². The van der Waals surface area contributed by atoms with E-state index in [0.29, 0.717) is 43.3 Å². The summed E-state index contributed by atoms with van der Waals surface area (Å²) in [6, 6.07) is 7.27. The zero-order valence-corrected chi connectivity index (χ0v) is 16.4. The van der Waals surface area contributed by atoms with E-state index in [2.05, 4.69) is 15.0 Å². The largest absolute Gasteiger partial charge is 0.481 e. The van der Waals surface area contributed by atoms with Crippen molar-refractivity contribution in [1.82, 2.24) is 19.9 Å². The second-order valence-corrected chi connectivity index (χ2v) is 6.73. The van der Waals surface area contributed by atoms with E-state index in [4.69, 9.17) is 13.9 Å². The second kappa shape index (κ2) is 8.30. The summed E-state index contributed by atoms with van der Waals surface area (Å²) in [6.07, 6.45) is 5.74. The van der Waals surface area contributed by atoms with E-state index in [1.807, 2.05) is 18.3 Å². The normalized spacial score (nSPS) is 13.1. The lowest BCUT2D eigenvalue weighted by atomic mass is 10.1. The van der Waals surface area contributed by atoms with E-state index in [9.17, 15) is 4.79 Å². The van der Waals surface area contributed by atoms with Crippen molar-refractivity contribution in [3.05, 3.63) is 65.1 Å². The highest BCUT2D eigenvalue weighted by atomic mass is 16.5. The summed E-state index contributed by atoms with van der Waals surface area (Å²) in [5.74, 6) is 2.04. The van der Waals surface area contributed by atoms with Crippen LogP contribution >= 0.6 is 0 Å². The highest BCUT2D eigenvalue weighted by Crippen LogP contribution is 2.26. The Bertz CT molecular complexity index is 1000. The number of rotatable bonds is 6. The van der Waals surface area contributed by atoms with Gasteiger partial charge in [-0.1, -0.05) is 6.07 Å². The zero-order chi connectivity index (χ0) is 20.2. The Balaban J connectivity index is 1.46. The first kappa shape index (κ1) is 18.9. The molecule has 0 aliphatic carbocycles. The molecular weight excluding hydrogens is 372 g/mol. The maximum atomic E-state index is 13.0. The van der Waals surface area contributed by atoms with Crippen molar-refractivity contribution < 1.29 is 18.7 Å². The van der Waals surface area contributed by atoms with E-state index < -0.39 is 0 Å². The Labute approximate surface area is 168 Å². The first-order valence-electron chi connectivity index (χ1n) is 9.42. The van der Waals surface area contributed by atoms with Crippen LogP contribution in [0.4, 0.5) is 0 Å². The molecule has 0 atom stereocenters. The van der Waals surface area contributed by atoms with Gasteiger partial charge in [0, 0.05) is 37.8 Å². The van der Waals surface area contributed by atoms with Crippen molar-refractivity contribution in [2.45, 2.75) is 25.8 Å². The number of pyridine rings is 2. The first-order valence-corrected chi connectivity index (χ1v) is 9.42. The smallest absolute Gasteiger partial charge is 0.259 e. The van der Waals surface area contributed by atoms with Crippen molar-refractivity contribution in [3.63, 3.8) is 0 Å². The third-order valence-corrected chi connectivity index (χ3v) is 4.88. The average molecular weight is 394 g/mol. The number of aromatic nitrogens is 3. The molecule has 1 amide bonds. The molecule has 0 unspecified atom stereocenters. The molecule has 0 spiro atoms. The summed E-state index contributed by atoms with van der Waals surface area (Å²) in [7, 11) is 3.00. The SMILES string of the molecule is COc1ccc(C(=O)N2CCc3oc(CCc4cccnc4)nc3C2)c(OC)n1. The van der Waals surface area contributed by atoms with Crippen LogP contribution in [0.1, 0.15) is 33.3 Å². The fraction of sp³-hybridized carbons (Fsp3) is 0.333. The minimum Gasteiger partial charge on any atom is -0.481 e. The van der Waals surface area contributed by atoms with E-state index >= 15 is 0 Å². The lowest BCUT2D eigenvalue weighted by Gasteiger charge is -2.25. The number of aryl methyl sites for hydroxylation is 2. The Morgan fingerprint density at radius 1 is 1.17 bits per heavy atom. The fourth-order valence-electron chi connectivity index (χ4n) is 3.36. The highest BCUT2D eigenvalue weighted by Gasteiger charge is 2.28. The number of hydrogen-bond acceptors (Lipinski definition) is 7. The van der Waals surface area contributed by atoms with E-state index in [-0.39, 0.29) is 11.8 Å². The van der Waals surface area contributed by atoms with Gasteiger partial charge in [-0.3, -0.25) is 9.78 Å². The van der Waals surface area contributed by atoms with Gasteiger partial charge in [0.05, 0.1) is 20.8 Å². The molecule has 0 saturated carbocycles. The van der Waals surface area contributed by atoms with Crippen LogP contribution in [0.3, 0.4) is 0 Å². The molecule has 150 valence electrons. The number of hydrogen-bond donors (Lipinski definition) is 0. The number of carbonyl (C=O) groups excluding carboxylic acids is 1. The lowest BCUT2D eigenvalue weighted by Crippen LogP contribution is -2.36. The lowest BCUT2D eigenvalue weighted by molar-refractivity contribution is 0.0723. The van der Waals surface area contributed by atoms with Gasteiger partial charge in [-0.15, -0.1) is 0 Å². The van der Waals surface area contributed by atoms with Crippen molar-refractivity contribution in [2.75, 3.05) is 20.8 Å².